The first-order valence-corrected chi connectivity index (χ1v) is 4.60. The molecule has 0 aromatic heterocycles. The summed E-state index contributed by atoms with van der Waals surface area (Å²) in [7, 11) is 0. The fourth-order valence-corrected chi connectivity index (χ4v) is 1.23. The van der Waals surface area contributed by atoms with E-state index in [1.807, 2.05) is 24.3 Å². The monoisotopic (exact) mass is 204 g/mol. The van der Waals surface area contributed by atoms with Gasteiger partial charge >= 0.3 is 0 Å². The van der Waals surface area contributed by atoms with Crippen molar-refractivity contribution in [3.8, 4) is 0 Å². The van der Waals surface area contributed by atoms with E-state index in [4.69, 9.17) is 5.53 Å². The van der Waals surface area contributed by atoms with Crippen molar-refractivity contribution in [1.29, 1.82) is 0 Å². The molecular weight excluding hydrogens is 192 g/mol. The van der Waals surface area contributed by atoms with Crippen LogP contribution in [0, 0.1) is 0 Å². The SMILES string of the molecule is CC(=O)Nc1cccc(CCN=[N+]=[N-])c1. The Balaban J connectivity index is 2.65. The van der Waals surface area contributed by atoms with Crippen LogP contribution in [0.1, 0.15) is 12.5 Å². The van der Waals surface area contributed by atoms with Crippen LogP contribution in [0.3, 0.4) is 0 Å². The third kappa shape index (κ3) is 4.15. The lowest BCUT2D eigenvalue weighted by molar-refractivity contribution is -0.114. The molecule has 0 aliphatic rings. The normalized spacial score (nSPS) is 9.13. The van der Waals surface area contributed by atoms with Gasteiger partial charge in [0.15, 0.2) is 0 Å². The maximum Gasteiger partial charge on any atom is 0.221 e. The van der Waals surface area contributed by atoms with Crippen LogP contribution in [0.2, 0.25) is 0 Å². The van der Waals surface area contributed by atoms with Gasteiger partial charge in [-0.3, -0.25) is 4.79 Å². The van der Waals surface area contributed by atoms with Gasteiger partial charge in [-0.1, -0.05) is 17.2 Å². The van der Waals surface area contributed by atoms with Gasteiger partial charge < -0.3 is 5.32 Å². The Labute approximate surface area is 87.7 Å². The molecule has 0 spiro atoms. The number of hydrogen-bond donors (Lipinski definition) is 1. The molecule has 0 unspecified atom stereocenters. The zero-order chi connectivity index (χ0) is 11.1. The maximum absolute atomic E-state index is 10.8. The van der Waals surface area contributed by atoms with Gasteiger partial charge in [-0.05, 0) is 29.6 Å². The van der Waals surface area contributed by atoms with Crippen molar-refractivity contribution in [3.05, 3.63) is 40.3 Å². The molecule has 0 saturated heterocycles. The summed E-state index contributed by atoms with van der Waals surface area (Å²) in [4.78, 5) is 13.5. The average Bonchev–Trinajstić information content (AvgIpc) is 2.18. The molecule has 5 nitrogen and oxygen atoms in total. The van der Waals surface area contributed by atoms with Crippen LogP contribution in [-0.4, -0.2) is 12.5 Å². The Morgan fingerprint density at radius 2 is 2.40 bits per heavy atom. The van der Waals surface area contributed by atoms with E-state index >= 15 is 0 Å². The van der Waals surface area contributed by atoms with Crippen LogP contribution >= 0.6 is 0 Å². The molecule has 1 aromatic rings. The van der Waals surface area contributed by atoms with Gasteiger partial charge in [-0.2, -0.15) is 0 Å². The van der Waals surface area contributed by atoms with E-state index in [0.717, 1.165) is 11.3 Å². The van der Waals surface area contributed by atoms with Gasteiger partial charge in [0.1, 0.15) is 0 Å². The number of nitrogens with zero attached hydrogens (tertiary/aromatic N) is 3. The van der Waals surface area contributed by atoms with Crippen LogP contribution in [0.25, 0.3) is 10.4 Å². The molecule has 0 saturated carbocycles. The number of nitrogens with one attached hydrogen (secondary N) is 1. The molecule has 0 bridgehead atoms. The zero-order valence-electron chi connectivity index (χ0n) is 8.47. The van der Waals surface area contributed by atoms with Crippen molar-refractivity contribution in [3.63, 3.8) is 0 Å². The molecule has 1 aromatic carbocycles. The second-order valence-electron chi connectivity index (χ2n) is 3.09. The summed E-state index contributed by atoms with van der Waals surface area (Å²) in [5.41, 5.74) is 9.92. The van der Waals surface area contributed by atoms with Crippen LogP contribution in [-0.2, 0) is 11.2 Å². The molecule has 0 aliphatic heterocycles. The Morgan fingerprint density at radius 3 is 3.07 bits per heavy atom. The van der Waals surface area contributed by atoms with E-state index in [9.17, 15) is 4.79 Å². The second kappa shape index (κ2) is 5.67. The summed E-state index contributed by atoms with van der Waals surface area (Å²) in [5, 5.41) is 6.14. The quantitative estimate of drug-likeness (QED) is 0.456. The molecule has 1 rings (SSSR count). The van der Waals surface area contributed by atoms with Gasteiger partial charge in [-0.15, -0.1) is 0 Å². The molecule has 15 heavy (non-hydrogen) atoms. The number of azide groups is 1. The lowest BCUT2D eigenvalue weighted by atomic mass is 10.1. The van der Waals surface area contributed by atoms with E-state index in [-0.39, 0.29) is 5.91 Å². The molecule has 78 valence electrons. The number of hydrogen-bond acceptors (Lipinski definition) is 2. The number of benzene rings is 1. The predicted octanol–water partition coefficient (Wildman–Crippen LogP) is 2.50. The van der Waals surface area contributed by atoms with Gasteiger partial charge in [-0.25, -0.2) is 0 Å². The van der Waals surface area contributed by atoms with Crippen LogP contribution in [0.5, 0.6) is 0 Å². The van der Waals surface area contributed by atoms with Gasteiger partial charge in [0, 0.05) is 24.1 Å². The minimum atomic E-state index is -0.0952. The Morgan fingerprint density at radius 1 is 1.60 bits per heavy atom. The fraction of sp³-hybridized carbons (Fsp3) is 0.300. The summed E-state index contributed by atoms with van der Waals surface area (Å²) < 4.78 is 0. The fourth-order valence-electron chi connectivity index (χ4n) is 1.23. The van der Waals surface area contributed by atoms with Crippen molar-refractivity contribution in [2.75, 3.05) is 11.9 Å². The van der Waals surface area contributed by atoms with E-state index in [1.54, 1.807) is 0 Å². The van der Waals surface area contributed by atoms with Crippen LogP contribution in [0.4, 0.5) is 5.69 Å². The average molecular weight is 204 g/mol. The molecule has 5 heteroatoms. The molecule has 0 aliphatic carbocycles. The highest BCUT2D eigenvalue weighted by Crippen LogP contribution is 2.11. The molecule has 0 atom stereocenters. The summed E-state index contributed by atoms with van der Waals surface area (Å²) in [6, 6.07) is 7.47. The summed E-state index contributed by atoms with van der Waals surface area (Å²) in [5.74, 6) is -0.0952. The zero-order valence-corrected chi connectivity index (χ0v) is 8.47. The smallest absolute Gasteiger partial charge is 0.221 e. The summed E-state index contributed by atoms with van der Waals surface area (Å²) in [6.07, 6.45) is 0.678. The predicted molar refractivity (Wildman–Crippen MR) is 58.5 cm³/mol. The minimum Gasteiger partial charge on any atom is -0.326 e. The molecule has 0 radical (unpaired) electrons. The highest BCUT2D eigenvalue weighted by molar-refractivity contribution is 5.88. The van der Waals surface area contributed by atoms with Crippen molar-refractivity contribution in [1.82, 2.24) is 0 Å². The van der Waals surface area contributed by atoms with Gasteiger partial charge in [0.2, 0.25) is 5.91 Å². The van der Waals surface area contributed by atoms with Gasteiger partial charge in [0.25, 0.3) is 0 Å². The summed E-state index contributed by atoms with van der Waals surface area (Å²) in [6.45, 7) is 1.90. The molecule has 1 amide bonds. The largest absolute Gasteiger partial charge is 0.326 e. The molecule has 1 N–H and O–H groups in total. The topological polar surface area (TPSA) is 77.9 Å². The van der Waals surface area contributed by atoms with Crippen molar-refractivity contribution in [2.24, 2.45) is 5.11 Å². The first-order chi connectivity index (χ1) is 7.22. The van der Waals surface area contributed by atoms with E-state index in [2.05, 4.69) is 15.3 Å². The maximum atomic E-state index is 10.8. The second-order valence-corrected chi connectivity index (χ2v) is 3.09. The Bertz CT molecular complexity index is 396. The number of amides is 1. The molecular formula is C10H12N4O. The highest BCUT2D eigenvalue weighted by Gasteiger charge is 1.97. The summed E-state index contributed by atoms with van der Waals surface area (Å²) >= 11 is 0. The van der Waals surface area contributed by atoms with E-state index < -0.39 is 0 Å². The number of carbonyl (C=O) groups is 1. The minimum absolute atomic E-state index is 0.0952. The third-order valence-electron chi connectivity index (χ3n) is 1.81. The van der Waals surface area contributed by atoms with Crippen molar-refractivity contribution < 1.29 is 4.79 Å². The molecule has 0 heterocycles. The van der Waals surface area contributed by atoms with Crippen LogP contribution in [0.15, 0.2) is 29.4 Å². The lowest BCUT2D eigenvalue weighted by Gasteiger charge is -2.04. The first kappa shape index (κ1) is 11.1. The van der Waals surface area contributed by atoms with Crippen molar-refractivity contribution >= 4 is 11.6 Å². The molecule has 0 fully saturated rings. The van der Waals surface area contributed by atoms with Gasteiger partial charge in [0.05, 0.1) is 0 Å². The Kier molecular flexibility index (Phi) is 4.19. The van der Waals surface area contributed by atoms with Crippen LogP contribution < -0.4 is 5.32 Å². The number of anilines is 1. The Hall–Kier alpha value is -2.00. The lowest BCUT2D eigenvalue weighted by Crippen LogP contribution is -2.05. The van der Waals surface area contributed by atoms with E-state index in [1.165, 1.54) is 6.92 Å². The van der Waals surface area contributed by atoms with Crippen molar-refractivity contribution in [2.45, 2.75) is 13.3 Å². The first-order valence-electron chi connectivity index (χ1n) is 4.60. The number of carbonyl (C=O) groups excluding carboxylic acids is 1. The van der Waals surface area contributed by atoms with E-state index in [0.29, 0.717) is 13.0 Å². The number of rotatable bonds is 4. The standard InChI is InChI=1S/C10H12N4O/c1-8(15)13-10-4-2-3-9(7-10)5-6-12-14-11/h2-4,7H,5-6H2,1H3,(H,13,15). The highest BCUT2D eigenvalue weighted by atomic mass is 16.1. The third-order valence-corrected chi connectivity index (χ3v) is 1.81.